The Balaban J connectivity index is 2.07. The molecule has 2 aromatic rings. The third kappa shape index (κ3) is 4.74. The molecular formula is C25H30N2O4. The van der Waals surface area contributed by atoms with Crippen LogP contribution in [0.5, 0.6) is 5.75 Å². The predicted octanol–water partition coefficient (Wildman–Crippen LogP) is 4.51. The number of carbonyl (C=O) groups is 2. The van der Waals surface area contributed by atoms with E-state index in [2.05, 4.69) is 11.4 Å². The smallest absolute Gasteiger partial charge is 0.338 e. The highest BCUT2D eigenvalue weighted by atomic mass is 16.5. The van der Waals surface area contributed by atoms with Crippen molar-refractivity contribution in [2.24, 2.45) is 0 Å². The second-order valence-corrected chi connectivity index (χ2v) is 7.93. The second-order valence-electron chi connectivity index (χ2n) is 7.93. The zero-order valence-corrected chi connectivity index (χ0v) is 19.0. The lowest BCUT2D eigenvalue weighted by Crippen LogP contribution is -2.48. The van der Waals surface area contributed by atoms with Gasteiger partial charge in [-0.2, -0.15) is 0 Å². The summed E-state index contributed by atoms with van der Waals surface area (Å²) in [5.41, 5.74) is 5.99. The summed E-state index contributed by atoms with van der Waals surface area (Å²) >= 11 is 0. The maximum atomic E-state index is 13.0. The molecular weight excluding hydrogens is 392 g/mol. The van der Waals surface area contributed by atoms with Gasteiger partial charge in [0.1, 0.15) is 12.4 Å². The third-order valence-corrected chi connectivity index (χ3v) is 5.58. The number of carbonyl (C=O) groups excluding carboxylic acids is 2. The summed E-state index contributed by atoms with van der Waals surface area (Å²) in [7, 11) is 1.63. The molecule has 31 heavy (non-hydrogen) atoms. The van der Waals surface area contributed by atoms with Gasteiger partial charge in [-0.3, -0.25) is 4.90 Å². The first kappa shape index (κ1) is 22.4. The van der Waals surface area contributed by atoms with Crippen LogP contribution >= 0.6 is 0 Å². The number of benzene rings is 2. The summed E-state index contributed by atoms with van der Waals surface area (Å²) in [5.74, 6) is 0.274. The van der Waals surface area contributed by atoms with E-state index in [-0.39, 0.29) is 19.2 Å². The highest BCUT2D eigenvalue weighted by molar-refractivity contribution is 5.95. The van der Waals surface area contributed by atoms with Crippen LogP contribution < -0.4 is 10.1 Å². The van der Waals surface area contributed by atoms with Gasteiger partial charge in [0.15, 0.2) is 0 Å². The van der Waals surface area contributed by atoms with Gasteiger partial charge in [0, 0.05) is 7.05 Å². The van der Waals surface area contributed by atoms with Gasteiger partial charge in [-0.25, -0.2) is 9.59 Å². The van der Waals surface area contributed by atoms with Gasteiger partial charge in [0.25, 0.3) is 0 Å². The fourth-order valence-electron chi connectivity index (χ4n) is 3.78. The third-order valence-electron chi connectivity index (χ3n) is 5.58. The normalized spacial score (nSPS) is 16.3. The van der Waals surface area contributed by atoms with Crippen LogP contribution in [0.15, 0.2) is 47.7 Å². The SMILES string of the molecule is CCOC(=O)C1=C(COc2cc(C)cc(C)c2C)N(C)C(=O)N[C@@H]1c1cccc(C)c1. The Hall–Kier alpha value is -3.28. The highest BCUT2D eigenvalue weighted by Gasteiger charge is 2.37. The topological polar surface area (TPSA) is 67.9 Å². The van der Waals surface area contributed by atoms with Crippen molar-refractivity contribution in [3.63, 3.8) is 0 Å². The van der Waals surface area contributed by atoms with E-state index in [0.29, 0.717) is 11.3 Å². The first-order chi connectivity index (χ1) is 14.7. The van der Waals surface area contributed by atoms with Crippen molar-refractivity contribution in [2.75, 3.05) is 20.3 Å². The summed E-state index contributed by atoms with van der Waals surface area (Å²) < 4.78 is 11.5. The Morgan fingerprint density at radius 1 is 1.10 bits per heavy atom. The molecule has 0 saturated carbocycles. The van der Waals surface area contributed by atoms with E-state index in [1.165, 1.54) is 4.90 Å². The van der Waals surface area contributed by atoms with E-state index < -0.39 is 12.0 Å². The van der Waals surface area contributed by atoms with Gasteiger partial charge >= 0.3 is 12.0 Å². The number of hydrogen-bond acceptors (Lipinski definition) is 4. The minimum absolute atomic E-state index is 0.0735. The monoisotopic (exact) mass is 422 g/mol. The van der Waals surface area contributed by atoms with Crippen molar-refractivity contribution in [2.45, 2.75) is 40.7 Å². The van der Waals surface area contributed by atoms with Crippen LogP contribution in [0.25, 0.3) is 0 Å². The molecule has 1 atom stereocenters. The Kier molecular flexibility index (Phi) is 6.68. The minimum Gasteiger partial charge on any atom is -0.487 e. The molecule has 1 aliphatic rings. The number of nitrogens with zero attached hydrogens (tertiary/aromatic N) is 1. The molecule has 3 rings (SSSR count). The van der Waals surface area contributed by atoms with E-state index in [9.17, 15) is 9.59 Å². The Morgan fingerprint density at radius 3 is 2.52 bits per heavy atom. The number of esters is 1. The molecule has 2 aromatic carbocycles. The van der Waals surface area contributed by atoms with Crippen molar-refractivity contribution < 1.29 is 19.1 Å². The van der Waals surface area contributed by atoms with E-state index in [4.69, 9.17) is 9.47 Å². The molecule has 1 heterocycles. The van der Waals surface area contributed by atoms with Crippen LogP contribution in [0.3, 0.4) is 0 Å². The van der Waals surface area contributed by atoms with Gasteiger partial charge in [-0.15, -0.1) is 0 Å². The molecule has 0 unspecified atom stereocenters. The van der Waals surface area contributed by atoms with Crippen molar-refractivity contribution >= 4 is 12.0 Å². The van der Waals surface area contributed by atoms with Crippen LogP contribution in [0.2, 0.25) is 0 Å². The predicted molar refractivity (Wildman–Crippen MR) is 120 cm³/mol. The molecule has 6 nitrogen and oxygen atoms in total. The summed E-state index contributed by atoms with van der Waals surface area (Å²) in [6, 6.07) is 10.9. The number of ether oxygens (including phenoxy) is 2. The molecule has 0 bridgehead atoms. The average Bonchev–Trinajstić information content (AvgIpc) is 2.72. The lowest BCUT2D eigenvalue weighted by atomic mass is 9.94. The molecule has 0 fully saturated rings. The zero-order valence-electron chi connectivity index (χ0n) is 19.0. The Bertz CT molecular complexity index is 1040. The van der Waals surface area contributed by atoms with Crippen LogP contribution in [0, 0.1) is 27.7 Å². The number of nitrogens with one attached hydrogen (secondary N) is 1. The average molecular weight is 423 g/mol. The molecule has 0 aliphatic carbocycles. The number of rotatable bonds is 6. The molecule has 0 aromatic heterocycles. The maximum absolute atomic E-state index is 13.0. The van der Waals surface area contributed by atoms with Crippen molar-refractivity contribution in [1.29, 1.82) is 0 Å². The molecule has 6 heteroatoms. The molecule has 0 saturated heterocycles. The lowest BCUT2D eigenvalue weighted by Gasteiger charge is -2.34. The van der Waals surface area contributed by atoms with Gasteiger partial charge < -0.3 is 14.8 Å². The van der Waals surface area contributed by atoms with Gasteiger partial charge in [0.2, 0.25) is 0 Å². The quantitative estimate of drug-likeness (QED) is 0.696. The van der Waals surface area contributed by atoms with Gasteiger partial charge in [-0.05, 0) is 62.9 Å². The van der Waals surface area contributed by atoms with E-state index in [0.717, 1.165) is 33.6 Å². The summed E-state index contributed by atoms with van der Waals surface area (Å²) in [6.07, 6.45) is 0. The van der Waals surface area contributed by atoms with Crippen LogP contribution in [-0.2, 0) is 9.53 Å². The van der Waals surface area contributed by atoms with Gasteiger partial charge in [0.05, 0.1) is 23.9 Å². The van der Waals surface area contributed by atoms with E-state index >= 15 is 0 Å². The van der Waals surface area contributed by atoms with E-state index in [1.807, 2.05) is 58.0 Å². The minimum atomic E-state index is -0.610. The fourth-order valence-corrected chi connectivity index (χ4v) is 3.78. The molecule has 0 spiro atoms. The highest BCUT2D eigenvalue weighted by Crippen LogP contribution is 2.32. The van der Waals surface area contributed by atoms with Crippen LogP contribution in [0.4, 0.5) is 4.79 Å². The largest absolute Gasteiger partial charge is 0.487 e. The number of likely N-dealkylation sites (N-methyl/N-ethyl adjacent to an activating group) is 1. The summed E-state index contributed by atoms with van der Waals surface area (Å²) in [4.78, 5) is 27.2. The van der Waals surface area contributed by atoms with Crippen LogP contribution in [0.1, 0.15) is 40.8 Å². The Morgan fingerprint density at radius 2 is 1.84 bits per heavy atom. The van der Waals surface area contributed by atoms with Crippen molar-refractivity contribution in [3.8, 4) is 5.75 Å². The number of amides is 2. The summed E-state index contributed by atoms with van der Waals surface area (Å²) in [5, 5.41) is 2.93. The number of hydrogen-bond donors (Lipinski definition) is 1. The Labute approximate surface area is 183 Å². The van der Waals surface area contributed by atoms with Crippen molar-refractivity contribution in [1.82, 2.24) is 10.2 Å². The number of urea groups is 1. The second kappa shape index (κ2) is 9.25. The zero-order chi connectivity index (χ0) is 22.7. The maximum Gasteiger partial charge on any atom is 0.338 e. The summed E-state index contributed by atoms with van der Waals surface area (Å²) in [6.45, 7) is 10.1. The van der Waals surface area contributed by atoms with Crippen molar-refractivity contribution in [3.05, 3.63) is 75.5 Å². The first-order valence-electron chi connectivity index (χ1n) is 10.4. The molecule has 1 N–H and O–H groups in total. The lowest BCUT2D eigenvalue weighted by molar-refractivity contribution is -0.139. The van der Waals surface area contributed by atoms with Crippen LogP contribution in [-0.4, -0.2) is 37.2 Å². The molecule has 0 radical (unpaired) electrons. The molecule has 1 aliphatic heterocycles. The molecule has 164 valence electrons. The standard InChI is InChI=1S/C25H30N2O4/c1-7-30-24(28)22-20(14-31-21-13-16(3)11-17(4)18(21)5)27(6)25(29)26-23(22)19-10-8-9-15(2)12-19/h8-13,23H,7,14H2,1-6H3,(H,26,29)/t23-/m1/s1. The fraction of sp³-hybridized carbons (Fsp3) is 0.360. The van der Waals surface area contributed by atoms with Gasteiger partial charge in [-0.1, -0.05) is 35.9 Å². The first-order valence-corrected chi connectivity index (χ1v) is 10.4. The number of aryl methyl sites for hydroxylation is 3. The van der Waals surface area contributed by atoms with E-state index in [1.54, 1.807) is 14.0 Å². The molecule has 2 amide bonds.